The molecule has 78 valence electrons. The van der Waals surface area contributed by atoms with Gasteiger partial charge in [-0.2, -0.15) is 12.6 Å². The second-order valence-corrected chi connectivity index (χ2v) is 4.32. The molecule has 14 heavy (non-hydrogen) atoms. The van der Waals surface area contributed by atoms with E-state index in [0.29, 0.717) is 0 Å². The molecule has 0 spiro atoms. The van der Waals surface area contributed by atoms with Gasteiger partial charge in [0.25, 0.3) is 0 Å². The molecule has 0 amide bonds. The fraction of sp³-hybridized carbons (Fsp3) is 0.500. The predicted octanol–water partition coefficient (Wildman–Crippen LogP) is 3.29. The van der Waals surface area contributed by atoms with E-state index in [-0.39, 0.29) is 5.41 Å². The number of thiol groups is 1. The summed E-state index contributed by atoms with van der Waals surface area (Å²) >= 11 is 4.35. The highest BCUT2D eigenvalue weighted by molar-refractivity contribution is 7.80. The number of benzene rings is 1. The van der Waals surface area contributed by atoms with Crippen LogP contribution in [0.3, 0.4) is 0 Å². The van der Waals surface area contributed by atoms with Crippen LogP contribution in [0.25, 0.3) is 0 Å². The zero-order valence-corrected chi connectivity index (χ0v) is 9.97. The zero-order valence-electron chi connectivity index (χ0n) is 9.08. The average molecular weight is 210 g/mol. The van der Waals surface area contributed by atoms with Crippen molar-refractivity contribution in [3.63, 3.8) is 0 Å². The highest BCUT2D eigenvalue weighted by Gasteiger charge is 2.17. The van der Waals surface area contributed by atoms with E-state index in [1.807, 2.05) is 19.1 Å². The number of ether oxygens (including phenoxy) is 1. The maximum absolute atomic E-state index is 5.39. The van der Waals surface area contributed by atoms with Crippen LogP contribution < -0.4 is 4.74 Å². The van der Waals surface area contributed by atoms with Crippen LogP contribution in [-0.4, -0.2) is 12.4 Å². The summed E-state index contributed by atoms with van der Waals surface area (Å²) in [6, 6.07) is 8.26. The van der Waals surface area contributed by atoms with Crippen molar-refractivity contribution in [1.82, 2.24) is 0 Å². The molecule has 0 fully saturated rings. The number of hydrogen-bond acceptors (Lipinski definition) is 2. The Balaban J connectivity index is 2.82. The Morgan fingerprint density at radius 1 is 1.21 bits per heavy atom. The lowest BCUT2D eigenvalue weighted by Crippen LogP contribution is -2.18. The van der Waals surface area contributed by atoms with Crippen LogP contribution in [0.5, 0.6) is 5.75 Å². The molecule has 1 rings (SSSR count). The monoisotopic (exact) mass is 210 g/mol. The minimum absolute atomic E-state index is 0.133. The average Bonchev–Trinajstić information content (AvgIpc) is 2.19. The molecule has 0 radical (unpaired) electrons. The minimum Gasteiger partial charge on any atom is -0.494 e. The molecule has 1 nitrogen and oxygen atoms in total. The lowest BCUT2D eigenvalue weighted by atomic mass is 9.87. The third-order valence-electron chi connectivity index (χ3n) is 2.34. The summed E-state index contributed by atoms with van der Waals surface area (Å²) in [6.45, 7) is 7.09. The van der Waals surface area contributed by atoms with Gasteiger partial charge in [0.1, 0.15) is 5.75 Å². The summed E-state index contributed by atoms with van der Waals surface area (Å²) in [6.07, 6.45) is 0. The van der Waals surface area contributed by atoms with Crippen LogP contribution >= 0.6 is 12.6 Å². The first-order valence-corrected chi connectivity index (χ1v) is 5.57. The van der Waals surface area contributed by atoms with Crippen LogP contribution in [0.1, 0.15) is 26.3 Å². The summed E-state index contributed by atoms with van der Waals surface area (Å²) in [7, 11) is 0. The third-order valence-corrected chi connectivity index (χ3v) is 3.13. The van der Waals surface area contributed by atoms with Crippen LogP contribution in [0, 0.1) is 0 Å². The standard InChI is InChI=1S/C12H18OS/c1-4-13-11-7-5-10(6-8-11)12(2,3)9-14/h5-8,14H,4,9H2,1-3H3. The van der Waals surface area contributed by atoms with Crippen molar-refractivity contribution < 1.29 is 4.74 Å². The van der Waals surface area contributed by atoms with E-state index in [2.05, 4.69) is 38.6 Å². The molecule has 0 heterocycles. The second kappa shape index (κ2) is 4.74. The molecule has 0 bridgehead atoms. The van der Waals surface area contributed by atoms with Crippen molar-refractivity contribution in [2.75, 3.05) is 12.4 Å². The second-order valence-electron chi connectivity index (χ2n) is 4.00. The topological polar surface area (TPSA) is 9.23 Å². The molecule has 1 aromatic carbocycles. The van der Waals surface area contributed by atoms with Crippen LogP contribution in [0.4, 0.5) is 0 Å². The van der Waals surface area contributed by atoms with Crippen molar-refractivity contribution in [3.8, 4) is 5.75 Å². The molecule has 0 saturated carbocycles. The Hall–Kier alpha value is -0.630. The van der Waals surface area contributed by atoms with E-state index in [0.717, 1.165) is 18.1 Å². The van der Waals surface area contributed by atoms with Crippen LogP contribution in [0.2, 0.25) is 0 Å². The lowest BCUT2D eigenvalue weighted by molar-refractivity contribution is 0.340. The maximum atomic E-state index is 5.39. The van der Waals surface area contributed by atoms with E-state index in [1.165, 1.54) is 5.56 Å². The fourth-order valence-corrected chi connectivity index (χ4v) is 1.44. The molecule has 2 heteroatoms. The van der Waals surface area contributed by atoms with Gasteiger partial charge in [0, 0.05) is 0 Å². The Bertz CT molecular complexity index is 277. The van der Waals surface area contributed by atoms with Gasteiger partial charge < -0.3 is 4.74 Å². The van der Waals surface area contributed by atoms with E-state index < -0.39 is 0 Å². The molecule has 0 unspecified atom stereocenters. The largest absolute Gasteiger partial charge is 0.494 e. The van der Waals surface area contributed by atoms with Crippen LogP contribution in [-0.2, 0) is 5.41 Å². The first-order valence-electron chi connectivity index (χ1n) is 4.94. The molecular weight excluding hydrogens is 192 g/mol. The SMILES string of the molecule is CCOc1ccc(C(C)(C)CS)cc1. The lowest BCUT2D eigenvalue weighted by Gasteiger charge is -2.22. The highest BCUT2D eigenvalue weighted by Crippen LogP contribution is 2.26. The van der Waals surface area contributed by atoms with Crippen molar-refractivity contribution >= 4 is 12.6 Å². The van der Waals surface area contributed by atoms with Gasteiger partial charge in [-0.1, -0.05) is 26.0 Å². The molecule has 1 aromatic rings. The third kappa shape index (κ3) is 2.68. The van der Waals surface area contributed by atoms with Gasteiger partial charge in [0.05, 0.1) is 6.61 Å². The molecule has 0 N–H and O–H groups in total. The summed E-state index contributed by atoms with van der Waals surface area (Å²) in [5.41, 5.74) is 1.43. The van der Waals surface area contributed by atoms with E-state index in [4.69, 9.17) is 4.74 Å². The first kappa shape index (κ1) is 11.4. The van der Waals surface area contributed by atoms with Gasteiger partial charge in [-0.05, 0) is 35.8 Å². The summed E-state index contributed by atoms with van der Waals surface area (Å²) in [5, 5.41) is 0. The zero-order chi connectivity index (χ0) is 10.6. The molecule has 0 aliphatic carbocycles. The Kier molecular flexibility index (Phi) is 3.87. The quantitative estimate of drug-likeness (QED) is 0.750. The van der Waals surface area contributed by atoms with Crippen LogP contribution in [0.15, 0.2) is 24.3 Å². The minimum atomic E-state index is 0.133. The van der Waals surface area contributed by atoms with E-state index in [1.54, 1.807) is 0 Å². The van der Waals surface area contributed by atoms with Gasteiger partial charge in [0.2, 0.25) is 0 Å². The number of rotatable bonds is 4. The molecular formula is C12H18OS. The van der Waals surface area contributed by atoms with Gasteiger partial charge in [0.15, 0.2) is 0 Å². The molecule has 0 aliphatic rings. The summed E-state index contributed by atoms with van der Waals surface area (Å²) in [4.78, 5) is 0. The van der Waals surface area contributed by atoms with E-state index >= 15 is 0 Å². The molecule has 0 saturated heterocycles. The maximum Gasteiger partial charge on any atom is 0.119 e. The highest BCUT2D eigenvalue weighted by atomic mass is 32.1. The number of hydrogen-bond donors (Lipinski definition) is 1. The van der Waals surface area contributed by atoms with Gasteiger partial charge >= 0.3 is 0 Å². The van der Waals surface area contributed by atoms with Gasteiger partial charge in [-0.25, -0.2) is 0 Å². The fourth-order valence-electron chi connectivity index (χ4n) is 1.26. The van der Waals surface area contributed by atoms with Crippen molar-refractivity contribution in [2.24, 2.45) is 0 Å². The predicted molar refractivity (Wildman–Crippen MR) is 64.5 cm³/mol. The normalized spacial score (nSPS) is 11.4. The Morgan fingerprint density at radius 3 is 2.21 bits per heavy atom. The summed E-state index contributed by atoms with van der Waals surface area (Å²) < 4.78 is 5.39. The first-order chi connectivity index (χ1) is 6.60. The van der Waals surface area contributed by atoms with Gasteiger partial charge in [-0.3, -0.25) is 0 Å². The van der Waals surface area contributed by atoms with E-state index in [9.17, 15) is 0 Å². The van der Waals surface area contributed by atoms with Gasteiger partial charge in [-0.15, -0.1) is 0 Å². The van der Waals surface area contributed by atoms with Crippen molar-refractivity contribution in [3.05, 3.63) is 29.8 Å². The Morgan fingerprint density at radius 2 is 1.79 bits per heavy atom. The Labute approximate surface area is 91.9 Å². The van der Waals surface area contributed by atoms with Crippen molar-refractivity contribution in [2.45, 2.75) is 26.2 Å². The molecule has 0 atom stereocenters. The molecule has 0 aliphatic heterocycles. The molecule has 0 aromatic heterocycles. The smallest absolute Gasteiger partial charge is 0.119 e. The van der Waals surface area contributed by atoms with Crippen molar-refractivity contribution in [1.29, 1.82) is 0 Å². The summed E-state index contributed by atoms with van der Waals surface area (Å²) in [5.74, 6) is 1.78.